The van der Waals surface area contributed by atoms with Crippen molar-refractivity contribution in [1.29, 1.82) is 0 Å². The Morgan fingerprint density at radius 1 is 1.33 bits per heavy atom. The Morgan fingerprint density at radius 3 is 2.79 bits per heavy atom. The number of likely N-dealkylation sites (tertiary alicyclic amines) is 1. The standard InChI is InChI=1S/C17H19ClN4O2/c18-13-5-3-11(4-6-13)14-20-15(24-21-14)12-2-1-9-22(10-12)16(23)17(19)7-8-17/h3-6,12H,1-2,7-10,19H2. The summed E-state index contributed by atoms with van der Waals surface area (Å²) in [6, 6.07) is 7.31. The molecule has 6 nitrogen and oxygen atoms in total. The smallest absolute Gasteiger partial charge is 0.242 e. The van der Waals surface area contributed by atoms with Gasteiger partial charge in [0.25, 0.3) is 0 Å². The molecular weight excluding hydrogens is 328 g/mol. The highest BCUT2D eigenvalue weighted by Crippen LogP contribution is 2.36. The molecule has 1 unspecified atom stereocenters. The number of benzene rings is 1. The molecule has 1 amide bonds. The van der Waals surface area contributed by atoms with Crippen molar-refractivity contribution in [2.75, 3.05) is 13.1 Å². The number of hydrogen-bond acceptors (Lipinski definition) is 5. The summed E-state index contributed by atoms with van der Waals surface area (Å²) in [6.45, 7) is 1.35. The van der Waals surface area contributed by atoms with Gasteiger partial charge in [-0.15, -0.1) is 0 Å². The summed E-state index contributed by atoms with van der Waals surface area (Å²) in [5.41, 5.74) is 6.28. The SMILES string of the molecule is NC1(C(=O)N2CCCC(c3nc(-c4ccc(Cl)cc4)no3)C2)CC1. The van der Waals surface area contributed by atoms with E-state index in [0.717, 1.165) is 37.8 Å². The topological polar surface area (TPSA) is 85.3 Å². The molecule has 0 bridgehead atoms. The number of hydrogen-bond donors (Lipinski definition) is 1. The van der Waals surface area contributed by atoms with E-state index in [1.54, 1.807) is 12.1 Å². The average molecular weight is 347 g/mol. The lowest BCUT2D eigenvalue weighted by atomic mass is 9.97. The predicted molar refractivity (Wildman–Crippen MR) is 89.5 cm³/mol. The van der Waals surface area contributed by atoms with Crippen LogP contribution in [0.1, 0.15) is 37.5 Å². The van der Waals surface area contributed by atoms with Crippen LogP contribution in [0.25, 0.3) is 11.4 Å². The van der Waals surface area contributed by atoms with Gasteiger partial charge in [0, 0.05) is 23.7 Å². The summed E-state index contributed by atoms with van der Waals surface area (Å²) in [4.78, 5) is 18.8. The first-order valence-corrected chi connectivity index (χ1v) is 8.61. The molecule has 1 aromatic heterocycles. The molecule has 2 heterocycles. The Hall–Kier alpha value is -1.92. The van der Waals surface area contributed by atoms with Crippen LogP contribution in [0.2, 0.25) is 5.02 Å². The minimum absolute atomic E-state index is 0.0599. The first kappa shape index (κ1) is 15.6. The second kappa shape index (κ2) is 5.86. The Kier molecular flexibility index (Phi) is 3.81. The molecule has 1 atom stereocenters. The lowest BCUT2D eigenvalue weighted by Crippen LogP contribution is -2.49. The zero-order chi connectivity index (χ0) is 16.7. The van der Waals surface area contributed by atoms with Gasteiger partial charge in [-0.25, -0.2) is 0 Å². The van der Waals surface area contributed by atoms with Crippen molar-refractivity contribution >= 4 is 17.5 Å². The third kappa shape index (κ3) is 2.91. The van der Waals surface area contributed by atoms with Gasteiger partial charge in [0.2, 0.25) is 17.6 Å². The average Bonchev–Trinajstić information content (AvgIpc) is 3.17. The molecule has 2 aliphatic rings. The summed E-state index contributed by atoms with van der Waals surface area (Å²) < 4.78 is 5.45. The number of nitrogens with zero attached hydrogens (tertiary/aromatic N) is 3. The zero-order valence-corrected chi connectivity index (χ0v) is 14.0. The van der Waals surface area contributed by atoms with E-state index < -0.39 is 5.54 Å². The molecule has 1 saturated heterocycles. The van der Waals surface area contributed by atoms with E-state index in [2.05, 4.69) is 10.1 Å². The van der Waals surface area contributed by atoms with Gasteiger partial charge in [-0.05, 0) is 49.9 Å². The highest BCUT2D eigenvalue weighted by atomic mass is 35.5. The van der Waals surface area contributed by atoms with Crippen LogP contribution < -0.4 is 5.73 Å². The van der Waals surface area contributed by atoms with Crippen LogP contribution in [0.15, 0.2) is 28.8 Å². The van der Waals surface area contributed by atoms with Crippen LogP contribution in [-0.2, 0) is 4.79 Å². The van der Waals surface area contributed by atoms with Crippen LogP contribution in [-0.4, -0.2) is 39.6 Å². The fourth-order valence-corrected chi connectivity index (χ4v) is 3.27. The largest absolute Gasteiger partial charge is 0.340 e. The van der Waals surface area contributed by atoms with Crippen LogP contribution in [0, 0.1) is 0 Å². The Bertz CT molecular complexity index is 754. The minimum Gasteiger partial charge on any atom is -0.340 e. The molecule has 4 rings (SSSR count). The molecule has 2 fully saturated rings. The number of aromatic nitrogens is 2. The molecule has 126 valence electrons. The molecular formula is C17H19ClN4O2. The maximum Gasteiger partial charge on any atom is 0.242 e. The predicted octanol–water partition coefficient (Wildman–Crippen LogP) is 2.59. The van der Waals surface area contributed by atoms with Gasteiger partial charge in [0.15, 0.2) is 0 Å². The Balaban J connectivity index is 1.49. The van der Waals surface area contributed by atoms with Crippen molar-refractivity contribution in [2.24, 2.45) is 5.73 Å². The zero-order valence-electron chi connectivity index (χ0n) is 13.2. The van der Waals surface area contributed by atoms with Gasteiger partial charge in [0.05, 0.1) is 11.5 Å². The number of amides is 1. The summed E-state index contributed by atoms with van der Waals surface area (Å²) in [6.07, 6.45) is 3.43. The molecule has 1 aliphatic heterocycles. The maximum absolute atomic E-state index is 12.4. The van der Waals surface area contributed by atoms with Gasteiger partial charge in [0.1, 0.15) is 0 Å². The summed E-state index contributed by atoms with van der Waals surface area (Å²) in [5, 5.41) is 4.73. The third-order valence-electron chi connectivity index (χ3n) is 4.82. The molecule has 2 aromatic rings. The normalized spacial score (nSPS) is 22.4. The fourth-order valence-electron chi connectivity index (χ4n) is 3.14. The van der Waals surface area contributed by atoms with Crippen molar-refractivity contribution in [3.63, 3.8) is 0 Å². The van der Waals surface area contributed by atoms with Gasteiger partial charge < -0.3 is 15.2 Å². The van der Waals surface area contributed by atoms with Crippen molar-refractivity contribution in [2.45, 2.75) is 37.1 Å². The van der Waals surface area contributed by atoms with Crippen LogP contribution in [0.4, 0.5) is 0 Å². The van der Waals surface area contributed by atoms with Gasteiger partial charge >= 0.3 is 0 Å². The number of piperidine rings is 1. The number of carbonyl (C=O) groups is 1. The molecule has 0 radical (unpaired) electrons. The van der Waals surface area contributed by atoms with E-state index in [0.29, 0.717) is 23.3 Å². The fraction of sp³-hybridized carbons (Fsp3) is 0.471. The quantitative estimate of drug-likeness (QED) is 0.923. The van der Waals surface area contributed by atoms with E-state index in [-0.39, 0.29) is 11.8 Å². The lowest BCUT2D eigenvalue weighted by molar-refractivity contribution is -0.134. The Morgan fingerprint density at radius 2 is 2.08 bits per heavy atom. The summed E-state index contributed by atoms with van der Waals surface area (Å²) >= 11 is 5.90. The summed E-state index contributed by atoms with van der Waals surface area (Å²) in [7, 11) is 0. The minimum atomic E-state index is -0.620. The first-order valence-electron chi connectivity index (χ1n) is 8.23. The first-order chi connectivity index (χ1) is 11.5. The van der Waals surface area contributed by atoms with E-state index in [1.165, 1.54) is 0 Å². The lowest BCUT2D eigenvalue weighted by Gasteiger charge is -2.32. The molecule has 1 saturated carbocycles. The molecule has 0 spiro atoms. The number of halogens is 1. The van der Waals surface area contributed by atoms with Gasteiger partial charge in [-0.3, -0.25) is 4.79 Å². The third-order valence-corrected chi connectivity index (χ3v) is 5.07. The summed E-state index contributed by atoms with van der Waals surface area (Å²) in [5.74, 6) is 1.25. The molecule has 7 heteroatoms. The van der Waals surface area contributed by atoms with Crippen molar-refractivity contribution < 1.29 is 9.32 Å². The molecule has 24 heavy (non-hydrogen) atoms. The number of nitrogens with two attached hydrogens (primary N) is 1. The Labute approximate surface area is 145 Å². The highest BCUT2D eigenvalue weighted by molar-refractivity contribution is 6.30. The molecule has 1 aliphatic carbocycles. The number of rotatable bonds is 3. The van der Waals surface area contributed by atoms with Crippen molar-refractivity contribution in [1.82, 2.24) is 15.0 Å². The van der Waals surface area contributed by atoms with Crippen LogP contribution >= 0.6 is 11.6 Å². The van der Waals surface area contributed by atoms with Gasteiger partial charge in [-0.1, -0.05) is 16.8 Å². The van der Waals surface area contributed by atoms with E-state index in [4.69, 9.17) is 21.9 Å². The second-order valence-corrected chi connectivity index (χ2v) is 7.15. The van der Waals surface area contributed by atoms with Crippen molar-refractivity contribution in [3.8, 4) is 11.4 Å². The van der Waals surface area contributed by atoms with E-state index >= 15 is 0 Å². The number of carbonyl (C=O) groups excluding carboxylic acids is 1. The van der Waals surface area contributed by atoms with Crippen LogP contribution in [0.5, 0.6) is 0 Å². The van der Waals surface area contributed by atoms with E-state index in [1.807, 2.05) is 17.0 Å². The highest BCUT2D eigenvalue weighted by Gasteiger charge is 2.49. The second-order valence-electron chi connectivity index (χ2n) is 6.71. The van der Waals surface area contributed by atoms with E-state index in [9.17, 15) is 4.79 Å². The van der Waals surface area contributed by atoms with Crippen molar-refractivity contribution in [3.05, 3.63) is 35.2 Å². The molecule has 2 N–H and O–H groups in total. The monoisotopic (exact) mass is 346 g/mol. The molecule has 1 aromatic carbocycles. The van der Waals surface area contributed by atoms with Crippen LogP contribution in [0.3, 0.4) is 0 Å². The maximum atomic E-state index is 12.4. The van der Waals surface area contributed by atoms with Gasteiger partial charge in [-0.2, -0.15) is 4.98 Å².